The number of fused-ring (bicyclic) bond motifs is 1. The Hall–Kier alpha value is -2.89. The van der Waals surface area contributed by atoms with Gasteiger partial charge in [-0.3, -0.25) is 4.79 Å². The third-order valence-corrected chi connectivity index (χ3v) is 4.03. The number of rotatable bonds is 14. The first-order valence-corrected chi connectivity index (χ1v) is 9.26. The van der Waals surface area contributed by atoms with Gasteiger partial charge in [-0.25, -0.2) is 0 Å². The standard InChI is InChI=1S/C18H26N4O7/c23-11-13-9-15-16(21-13)3-1-4-17(15)28-12-14(24)10-19-6-7-20-18(25)5-2-8-29-22(26)27/h1,3-4,9,14,19,21,23-24H,2,5-8,10-12H2,(H,20,25). The number of aromatic amines is 1. The van der Waals surface area contributed by atoms with Crippen LogP contribution in [0.1, 0.15) is 18.5 Å². The highest BCUT2D eigenvalue weighted by molar-refractivity contribution is 5.86. The van der Waals surface area contributed by atoms with Crippen LogP contribution >= 0.6 is 0 Å². The Labute approximate surface area is 167 Å². The first-order chi connectivity index (χ1) is 14.0. The molecule has 1 aromatic carbocycles. The van der Waals surface area contributed by atoms with Gasteiger partial charge in [0, 0.05) is 42.7 Å². The number of nitrogens with zero attached hydrogens (tertiary/aromatic N) is 1. The molecule has 2 aromatic rings. The average molecular weight is 410 g/mol. The van der Waals surface area contributed by atoms with Crippen LogP contribution in [0.5, 0.6) is 5.75 Å². The zero-order valence-corrected chi connectivity index (χ0v) is 15.9. The molecule has 0 radical (unpaired) electrons. The fraction of sp³-hybridized carbons (Fsp3) is 0.500. The molecule has 2 rings (SSSR count). The number of H-pyrrole nitrogens is 1. The molecule has 1 aromatic heterocycles. The number of amides is 1. The minimum atomic E-state index is -0.887. The summed E-state index contributed by atoms with van der Waals surface area (Å²) in [5.74, 6) is 0.398. The topological polar surface area (TPSA) is 159 Å². The molecule has 1 heterocycles. The lowest BCUT2D eigenvalue weighted by molar-refractivity contribution is -0.757. The molecule has 11 heteroatoms. The summed E-state index contributed by atoms with van der Waals surface area (Å²) in [6.45, 7) is 1.01. The molecule has 0 aliphatic heterocycles. The van der Waals surface area contributed by atoms with Crippen molar-refractivity contribution in [2.75, 3.05) is 32.8 Å². The highest BCUT2D eigenvalue weighted by Gasteiger charge is 2.09. The van der Waals surface area contributed by atoms with E-state index in [0.29, 0.717) is 24.5 Å². The van der Waals surface area contributed by atoms with E-state index < -0.39 is 11.2 Å². The highest BCUT2D eigenvalue weighted by atomic mass is 16.9. The molecule has 160 valence electrons. The number of hydrogen-bond acceptors (Lipinski definition) is 8. The Morgan fingerprint density at radius 1 is 1.34 bits per heavy atom. The lowest BCUT2D eigenvalue weighted by Gasteiger charge is -2.14. The molecular formula is C18H26N4O7. The van der Waals surface area contributed by atoms with Crippen LogP contribution in [0.3, 0.4) is 0 Å². The SMILES string of the molecule is O=C(CCCO[N+](=O)[O-])NCCNCC(O)COc1cccc2[nH]c(CO)cc12. The number of ether oxygens (including phenoxy) is 1. The molecular weight excluding hydrogens is 384 g/mol. The normalized spacial score (nSPS) is 11.9. The van der Waals surface area contributed by atoms with Crippen molar-refractivity contribution in [1.82, 2.24) is 15.6 Å². The van der Waals surface area contributed by atoms with E-state index in [9.17, 15) is 25.1 Å². The third kappa shape index (κ3) is 7.94. The van der Waals surface area contributed by atoms with E-state index in [0.717, 1.165) is 10.9 Å². The minimum absolute atomic E-state index is 0.0918. The maximum Gasteiger partial charge on any atom is 0.294 e. The van der Waals surface area contributed by atoms with Gasteiger partial charge in [-0.1, -0.05) is 6.07 Å². The summed E-state index contributed by atoms with van der Waals surface area (Å²) >= 11 is 0. The second-order valence-corrected chi connectivity index (χ2v) is 6.35. The predicted octanol–water partition coefficient (Wildman–Crippen LogP) is 0.0942. The first-order valence-electron chi connectivity index (χ1n) is 9.26. The highest BCUT2D eigenvalue weighted by Crippen LogP contribution is 2.26. The second-order valence-electron chi connectivity index (χ2n) is 6.35. The molecule has 0 bridgehead atoms. The van der Waals surface area contributed by atoms with Crippen molar-refractivity contribution in [3.63, 3.8) is 0 Å². The smallest absolute Gasteiger partial charge is 0.294 e. The third-order valence-electron chi connectivity index (χ3n) is 4.03. The summed E-state index contributed by atoms with van der Waals surface area (Å²) < 4.78 is 5.68. The number of hydrogen-bond donors (Lipinski definition) is 5. The van der Waals surface area contributed by atoms with Crippen molar-refractivity contribution in [3.05, 3.63) is 40.1 Å². The summed E-state index contributed by atoms with van der Waals surface area (Å²) in [7, 11) is 0. The lowest BCUT2D eigenvalue weighted by atomic mass is 10.2. The molecule has 1 unspecified atom stereocenters. The zero-order chi connectivity index (χ0) is 21.1. The van der Waals surface area contributed by atoms with E-state index in [-0.39, 0.29) is 45.1 Å². The largest absolute Gasteiger partial charge is 0.490 e. The van der Waals surface area contributed by atoms with E-state index in [4.69, 9.17) is 4.74 Å². The van der Waals surface area contributed by atoms with Crippen molar-refractivity contribution >= 4 is 16.8 Å². The van der Waals surface area contributed by atoms with Crippen LogP contribution in [-0.2, 0) is 16.2 Å². The van der Waals surface area contributed by atoms with Crippen LogP contribution < -0.4 is 15.4 Å². The van der Waals surface area contributed by atoms with E-state index in [1.54, 1.807) is 6.07 Å². The molecule has 11 nitrogen and oxygen atoms in total. The molecule has 0 saturated heterocycles. The number of benzene rings is 1. The van der Waals surface area contributed by atoms with Gasteiger partial charge >= 0.3 is 0 Å². The Morgan fingerprint density at radius 3 is 2.93 bits per heavy atom. The lowest BCUT2D eigenvalue weighted by Crippen LogP contribution is -2.37. The van der Waals surface area contributed by atoms with E-state index in [2.05, 4.69) is 20.5 Å². The van der Waals surface area contributed by atoms with Crippen molar-refractivity contribution in [2.24, 2.45) is 0 Å². The zero-order valence-electron chi connectivity index (χ0n) is 15.9. The number of nitrogens with one attached hydrogen (secondary N) is 3. The Bertz CT molecular complexity index is 796. The fourth-order valence-corrected chi connectivity index (χ4v) is 2.66. The molecule has 0 spiro atoms. The molecule has 0 fully saturated rings. The maximum atomic E-state index is 11.5. The van der Waals surface area contributed by atoms with E-state index >= 15 is 0 Å². The second kappa shape index (κ2) is 11.8. The van der Waals surface area contributed by atoms with Crippen LogP contribution in [0.2, 0.25) is 0 Å². The van der Waals surface area contributed by atoms with E-state index in [1.807, 2.05) is 18.2 Å². The van der Waals surface area contributed by atoms with Crippen molar-refractivity contribution in [2.45, 2.75) is 25.6 Å². The van der Waals surface area contributed by atoms with Gasteiger partial charge in [0.15, 0.2) is 0 Å². The van der Waals surface area contributed by atoms with Gasteiger partial charge < -0.3 is 35.4 Å². The number of aliphatic hydroxyl groups is 2. The number of aromatic nitrogens is 1. The van der Waals surface area contributed by atoms with Crippen molar-refractivity contribution in [3.8, 4) is 5.75 Å². The van der Waals surface area contributed by atoms with Crippen molar-refractivity contribution < 1.29 is 29.7 Å². The molecule has 1 atom stereocenters. The van der Waals surface area contributed by atoms with Gasteiger partial charge in [0.05, 0.1) is 13.2 Å². The Morgan fingerprint density at radius 2 is 2.17 bits per heavy atom. The van der Waals surface area contributed by atoms with Crippen LogP contribution in [0.15, 0.2) is 24.3 Å². The Balaban J connectivity index is 1.58. The fourth-order valence-electron chi connectivity index (χ4n) is 2.66. The quantitative estimate of drug-likeness (QED) is 0.166. The molecule has 0 aliphatic rings. The minimum Gasteiger partial charge on any atom is -0.490 e. The van der Waals surface area contributed by atoms with Gasteiger partial charge in [0.2, 0.25) is 5.91 Å². The predicted molar refractivity (Wildman–Crippen MR) is 104 cm³/mol. The summed E-state index contributed by atoms with van der Waals surface area (Å²) in [4.78, 5) is 28.7. The molecule has 1 amide bonds. The van der Waals surface area contributed by atoms with Gasteiger partial charge in [0.25, 0.3) is 5.09 Å². The molecule has 0 saturated carbocycles. The monoisotopic (exact) mass is 410 g/mol. The average Bonchev–Trinajstić information content (AvgIpc) is 3.13. The van der Waals surface area contributed by atoms with Crippen molar-refractivity contribution in [1.29, 1.82) is 0 Å². The van der Waals surface area contributed by atoms with Gasteiger partial charge in [-0.05, 0) is 24.6 Å². The van der Waals surface area contributed by atoms with Crippen LogP contribution in [0.4, 0.5) is 0 Å². The van der Waals surface area contributed by atoms with Gasteiger partial charge in [0.1, 0.15) is 18.5 Å². The van der Waals surface area contributed by atoms with Gasteiger partial charge in [-0.15, -0.1) is 10.1 Å². The number of aliphatic hydroxyl groups excluding tert-OH is 2. The summed E-state index contributed by atoms with van der Waals surface area (Å²) in [5, 5.41) is 34.9. The van der Waals surface area contributed by atoms with Crippen LogP contribution in [-0.4, -0.2) is 65.1 Å². The molecule has 0 aliphatic carbocycles. The summed E-state index contributed by atoms with van der Waals surface area (Å²) in [6.07, 6.45) is -0.326. The molecule has 29 heavy (non-hydrogen) atoms. The Kier molecular flexibility index (Phi) is 9.15. The number of carbonyl (C=O) groups is 1. The van der Waals surface area contributed by atoms with Crippen LogP contribution in [0.25, 0.3) is 10.9 Å². The van der Waals surface area contributed by atoms with E-state index in [1.165, 1.54) is 0 Å². The van der Waals surface area contributed by atoms with Gasteiger partial charge in [-0.2, -0.15) is 0 Å². The number of carbonyl (C=O) groups excluding carboxylic acids is 1. The maximum absolute atomic E-state index is 11.5. The van der Waals surface area contributed by atoms with Crippen LogP contribution in [0, 0.1) is 10.1 Å². The summed E-state index contributed by atoms with van der Waals surface area (Å²) in [5.41, 5.74) is 1.53. The first kappa shape index (κ1) is 22.4. The summed E-state index contributed by atoms with van der Waals surface area (Å²) in [6, 6.07) is 7.31. The molecule has 5 N–H and O–H groups in total.